The van der Waals surface area contributed by atoms with Crippen LogP contribution < -0.4 is 4.74 Å². The molecular formula is C37H47N5O5. The van der Waals surface area contributed by atoms with E-state index in [-0.39, 0.29) is 12.7 Å². The van der Waals surface area contributed by atoms with Crippen molar-refractivity contribution in [2.75, 3.05) is 13.2 Å². The molecule has 0 spiro atoms. The normalized spacial score (nSPS) is 17.0. The zero-order valence-electron chi connectivity index (χ0n) is 29.0. The number of rotatable bonds is 9. The third-order valence-corrected chi connectivity index (χ3v) is 9.83. The summed E-state index contributed by atoms with van der Waals surface area (Å²) >= 11 is 0. The lowest BCUT2D eigenvalue weighted by atomic mass is 9.57. The maximum atomic E-state index is 13.3. The molecule has 0 bridgehead atoms. The molecule has 250 valence electrons. The second kappa shape index (κ2) is 12.7. The van der Waals surface area contributed by atoms with Gasteiger partial charge in [-0.05, 0) is 94.8 Å². The number of pyridine rings is 1. The minimum Gasteiger partial charge on any atom is -0.489 e. The molecule has 0 aliphatic carbocycles. The van der Waals surface area contributed by atoms with Crippen molar-refractivity contribution in [3.8, 4) is 5.75 Å². The van der Waals surface area contributed by atoms with Gasteiger partial charge in [0.1, 0.15) is 24.0 Å². The second-order valence-electron chi connectivity index (χ2n) is 14.4. The van der Waals surface area contributed by atoms with Crippen LogP contribution in [-0.2, 0) is 39.9 Å². The van der Waals surface area contributed by atoms with Crippen molar-refractivity contribution >= 4 is 23.0 Å². The number of carboxylic acids is 1. The lowest BCUT2D eigenvalue weighted by Gasteiger charge is -2.46. The molecule has 1 aliphatic rings. The number of hydrogen-bond acceptors (Lipinski definition) is 8. The van der Waals surface area contributed by atoms with Crippen LogP contribution in [0.1, 0.15) is 81.3 Å². The molecule has 1 N–H and O–H groups in total. The Balaban J connectivity index is 1.70. The van der Waals surface area contributed by atoms with Gasteiger partial charge in [0.05, 0.1) is 21.8 Å². The van der Waals surface area contributed by atoms with Crippen LogP contribution in [0.4, 0.5) is 0 Å². The Morgan fingerprint density at radius 2 is 1.83 bits per heavy atom. The molecule has 10 nitrogen and oxygen atoms in total. The average molecular weight is 642 g/mol. The second-order valence-corrected chi connectivity index (χ2v) is 14.4. The van der Waals surface area contributed by atoms with E-state index in [1.165, 1.54) is 0 Å². The highest BCUT2D eigenvalue weighted by Crippen LogP contribution is 2.50. The molecule has 3 heterocycles. The number of nitrogens with zero attached hydrogens (tertiary/aromatic N) is 5. The molecular weight excluding hydrogens is 594 g/mol. The molecule has 47 heavy (non-hydrogen) atoms. The van der Waals surface area contributed by atoms with Crippen molar-refractivity contribution in [3.63, 3.8) is 0 Å². The van der Waals surface area contributed by atoms with E-state index in [9.17, 15) is 14.7 Å². The number of aliphatic carboxylic acids is 1. The average Bonchev–Trinajstić information content (AvgIpc) is 3.30. The van der Waals surface area contributed by atoms with Crippen molar-refractivity contribution < 1.29 is 24.2 Å². The molecule has 1 aliphatic heterocycles. The minimum atomic E-state index is -1.42. The maximum Gasteiger partial charge on any atom is 0.311 e. The topological polar surface area (TPSA) is 120 Å². The lowest BCUT2D eigenvalue weighted by molar-refractivity contribution is -0.161. The number of esters is 1. The van der Waals surface area contributed by atoms with Gasteiger partial charge in [-0.15, -0.1) is 5.10 Å². The standard InChI is InChI=1S/C37H47N5O5/c1-10-28-21-42(20-26-18-38-16-15-31(26)47-28)19-25-17-27(12-11-23(25)2)37(36(7,8)33(43)44,22-46-34(45)35(4,5)6)29-13-14-30-32(24(29)3)39-40-41(30)9/h11-18,28H,10,19-22H2,1-9H3,(H,43,44)/t28-,37-/m1/s1. The summed E-state index contributed by atoms with van der Waals surface area (Å²) in [5, 5.41) is 19.6. The van der Waals surface area contributed by atoms with Crippen LogP contribution in [0.25, 0.3) is 11.0 Å². The van der Waals surface area contributed by atoms with E-state index in [1.807, 2.05) is 50.5 Å². The monoisotopic (exact) mass is 641 g/mol. The van der Waals surface area contributed by atoms with Gasteiger partial charge in [0.2, 0.25) is 0 Å². The Morgan fingerprint density at radius 1 is 1.09 bits per heavy atom. The van der Waals surface area contributed by atoms with Gasteiger partial charge >= 0.3 is 11.9 Å². The fourth-order valence-electron chi connectivity index (χ4n) is 6.60. The van der Waals surface area contributed by atoms with Crippen molar-refractivity contribution in [1.29, 1.82) is 0 Å². The SMILES string of the molecule is CC[C@@H]1CN(Cc2cc([C@](COC(=O)C(C)(C)C)(c3ccc4c(nnn4C)c3C)C(C)(C)C(=O)O)ccc2C)Cc2cnccc2O1. The van der Waals surface area contributed by atoms with Gasteiger partial charge in [-0.3, -0.25) is 19.5 Å². The Hall–Kier alpha value is -4.31. The van der Waals surface area contributed by atoms with Crippen molar-refractivity contribution in [3.05, 3.63) is 82.2 Å². The fraction of sp³-hybridized carbons (Fsp3) is 0.486. The van der Waals surface area contributed by atoms with Gasteiger partial charge in [-0.25, -0.2) is 4.68 Å². The number of fused-ring (bicyclic) bond motifs is 2. The number of ether oxygens (including phenoxy) is 2. The highest BCUT2D eigenvalue weighted by atomic mass is 16.5. The molecule has 5 rings (SSSR count). The predicted octanol–water partition coefficient (Wildman–Crippen LogP) is 6.14. The van der Waals surface area contributed by atoms with E-state index in [0.29, 0.717) is 18.6 Å². The molecule has 2 aromatic carbocycles. The number of aromatic nitrogens is 4. The summed E-state index contributed by atoms with van der Waals surface area (Å²) in [7, 11) is 1.83. The molecule has 0 amide bonds. The summed E-state index contributed by atoms with van der Waals surface area (Å²) in [5.74, 6) is -0.557. The highest BCUT2D eigenvalue weighted by Gasteiger charge is 2.55. The minimum absolute atomic E-state index is 0.0188. The lowest BCUT2D eigenvalue weighted by Crippen LogP contribution is -2.52. The van der Waals surface area contributed by atoms with Crippen LogP contribution >= 0.6 is 0 Å². The van der Waals surface area contributed by atoms with Crippen LogP contribution in [0.15, 0.2) is 48.8 Å². The Bertz CT molecular complexity index is 1810. The predicted molar refractivity (Wildman–Crippen MR) is 180 cm³/mol. The Morgan fingerprint density at radius 3 is 2.51 bits per heavy atom. The molecule has 2 atom stereocenters. The number of carbonyl (C=O) groups excluding carboxylic acids is 1. The third kappa shape index (κ3) is 6.23. The van der Waals surface area contributed by atoms with Crippen molar-refractivity contribution in [2.24, 2.45) is 17.9 Å². The number of carboxylic acid groups (broad SMARTS) is 1. The smallest absolute Gasteiger partial charge is 0.311 e. The van der Waals surface area contributed by atoms with Crippen molar-refractivity contribution in [2.45, 2.75) is 86.4 Å². The van der Waals surface area contributed by atoms with Crippen LogP contribution in [0.2, 0.25) is 0 Å². The number of aryl methyl sites for hydroxylation is 3. The Labute approximate surface area is 277 Å². The number of carbonyl (C=O) groups is 2. The summed E-state index contributed by atoms with van der Waals surface area (Å²) in [6.07, 6.45) is 4.49. The van der Waals surface area contributed by atoms with Crippen LogP contribution in [0.5, 0.6) is 5.75 Å². The van der Waals surface area contributed by atoms with Gasteiger partial charge < -0.3 is 14.6 Å². The molecule has 0 radical (unpaired) electrons. The fourth-order valence-corrected chi connectivity index (χ4v) is 6.60. The zero-order valence-corrected chi connectivity index (χ0v) is 29.0. The molecule has 0 saturated heterocycles. The van der Waals surface area contributed by atoms with Gasteiger partial charge in [0.25, 0.3) is 0 Å². The molecule has 0 fully saturated rings. The highest BCUT2D eigenvalue weighted by molar-refractivity contribution is 5.83. The molecule has 10 heteroatoms. The van der Waals surface area contributed by atoms with Crippen LogP contribution in [0, 0.1) is 24.7 Å². The number of benzene rings is 2. The van der Waals surface area contributed by atoms with E-state index in [2.05, 4.69) is 40.1 Å². The van der Waals surface area contributed by atoms with Gasteiger partial charge in [0, 0.05) is 44.6 Å². The molecule has 4 aromatic rings. The van der Waals surface area contributed by atoms with Gasteiger partial charge in [0.15, 0.2) is 0 Å². The first-order valence-corrected chi connectivity index (χ1v) is 16.2. The quantitative estimate of drug-likeness (QED) is 0.215. The van der Waals surface area contributed by atoms with E-state index >= 15 is 0 Å². The van der Waals surface area contributed by atoms with E-state index in [4.69, 9.17) is 9.47 Å². The zero-order chi connectivity index (χ0) is 34.3. The summed E-state index contributed by atoms with van der Waals surface area (Å²) in [6.45, 7) is 16.8. The summed E-state index contributed by atoms with van der Waals surface area (Å²) in [5.41, 5.74) is 3.43. The molecule has 2 aromatic heterocycles. The van der Waals surface area contributed by atoms with Gasteiger partial charge in [-0.1, -0.05) is 36.4 Å². The maximum absolute atomic E-state index is 13.3. The third-order valence-electron chi connectivity index (χ3n) is 9.83. The first-order valence-electron chi connectivity index (χ1n) is 16.2. The number of hydrogen-bond donors (Lipinski definition) is 1. The molecule has 0 saturated carbocycles. The Kier molecular flexibility index (Phi) is 9.21. The summed E-state index contributed by atoms with van der Waals surface area (Å²) in [4.78, 5) is 33.4. The van der Waals surface area contributed by atoms with Crippen LogP contribution in [0.3, 0.4) is 0 Å². The summed E-state index contributed by atoms with van der Waals surface area (Å²) in [6, 6.07) is 11.9. The first kappa shape index (κ1) is 34.0. The van der Waals surface area contributed by atoms with Crippen molar-refractivity contribution in [1.82, 2.24) is 24.9 Å². The van der Waals surface area contributed by atoms with E-state index in [0.717, 1.165) is 57.6 Å². The summed E-state index contributed by atoms with van der Waals surface area (Å²) < 4.78 is 14.1. The largest absolute Gasteiger partial charge is 0.489 e. The van der Waals surface area contributed by atoms with E-state index in [1.54, 1.807) is 45.5 Å². The molecule has 0 unspecified atom stereocenters. The first-order chi connectivity index (χ1) is 22.1. The van der Waals surface area contributed by atoms with E-state index < -0.39 is 28.2 Å². The van der Waals surface area contributed by atoms with Gasteiger partial charge in [-0.2, -0.15) is 0 Å². The van der Waals surface area contributed by atoms with Crippen LogP contribution in [-0.4, -0.2) is 61.2 Å².